The topological polar surface area (TPSA) is 106 Å². The van der Waals surface area contributed by atoms with Crippen molar-refractivity contribution in [1.82, 2.24) is 0 Å². The van der Waals surface area contributed by atoms with E-state index in [2.05, 4.69) is 6.92 Å². The average molecular weight is 322 g/mol. The molecule has 0 aliphatic rings. The average Bonchev–Trinajstić information content (AvgIpc) is 2.51. The molecule has 0 atom stereocenters. The van der Waals surface area contributed by atoms with Gasteiger partial charge < -0.3 is 30.5 Å². The zero-order chi connectivity index (χ0) is 15.8. The fourth-order valence-corrected chi connectivity index (χ4v) is 4.76. The zero-order valence-corrected chi connectivity index (χ0v) is 14.6. The molecule has 7 heteroatoms. The minimum Gasteiger partial charge on any atom is -0.372 e. The van der Waals surface area contributed by atoms with Crippen LogP contribution in [0.15, 0.2) is 0 Å². The van der Waals surface area contributed by atoms with Crippen molar-refractivity contribution in [3.05, 3.63) is 0 Å². The summed E-state index contributed by atoms with van der Waals surface area (Å²) in [6, 6.07) is 0.819. The largest absolute Gasteiger partial charge is 0.501 e. The van der Waals surface area contributed by atoms with Gasteiger partial charge in [-0.05, 0) is 6.42 Å². The maximum Gasteiger partial charge on any atom is 0.501 e. The summed E-state index contributed by atoms with van der Waals surface area (Å²) < 4.78 is 17.6. The van der Waals surface area contributed by atoms with Gasteiger partial charge in [0.15, 0.2) is 0 Å². The second kappa shape index (κ2) is 14.9. The quantitative estimate of drug-likeness (QED) is 0.291. The molecule has 0 bridgehead atoms. The first-order chi connectivity index (χ1) is 10.2. The van der Waals surface area contributed by atoms with E-state index in [-0.39, 0.29) is 0 Å². The third kappa shape index (κ3) is 11.2. The second-order valence-corrected chi connectivity index (χ2v) is 7.84. The molecule has 0 aromatic heterocycles. The fourth-order valence-electron chi connectivity index (χ4n) is 2.11. The van der Waals surface area contributed by atoms with Crippen molar-refractivity contribution < 1.29 is 13.3 Å². The van der Waals surface area contributed by atoms with E-state index in [1.165, 1.54) is 32.1 Å². The molecule has 0 rings (SSSR count). The Bertz CT molecular complexity index is 202. The Hall–Kier alpha value is -0.0231. The van der Waals surface area contributed by atoms with Crippen LogP contribution in [0.3, 0.4) is 0 Å². The fraction of sp³-hybridized carbons (Fsp3) is 1.00. The maximum atomic E-state index is 5.87. The molecule has 128 valence electrons. The summed E-state index contributed by atoms with van der Waals surface area (Å²) in [6.45, 7) is 4.97. The van der Waals surface area contributed by atoms with Crippen LogP contribution in [0.2, 0.25) is 6.04 Å². The van der Waals surface area contributed by atoms with E-state index in [9.17, 15) is 0 Å². The first-order valence-electron chi connectivity index (χ1n) is 8.26. The number of hydrogen-bond acceptors (Lipinski definition) is 6. The molecule has 0 saturated carbocycles. The highest BCUT2D eigenvalue weighted by atomic mass is 28.4. The molecular formula is C14H35N3O3Si. The summed E-state index contributed by atoms with van der Waals surface area (Å²) in [7, 11) is -2.67. The van der Waals surface area contributed by atoms with Crippen molar-refractivity contribution in [3.63, 3.8) is 0 Å². The molecule has 0 unspecified atom stereocenters. The lowest BCUT2D eigenvalue weighted by Crippen LogP contribution is -2.48. The SMILES string of the molecule is CCCCCCCC[Si](OCCN)(OCCN)OCCN. The maximum absolute atomic E-state index is 5.87. The number of rotatable bonds is 16. The van der Waals surface area contributed by atoms with E-state index in [4.69, 9.17) is 30.5 Å². The van der Waals surface area contributed by atoms with Crippen molar-refractivity contribution in [1.29, 1.82) is 0 Å². The third-order valence-corrected chi connectivity index (χ3v) is 6.05. The normalized spacial score (nSPS) is 12.0. The van der Waals surface area contributed by atoms with Crippen molar-refractivity contribution in [3.8, 4) is 0 Å². The van der Waals surface area contributed by atoms with E-state index in [1.807, 2.05) is 0 Å². The van der Waals surface area contributed by atoms with Crippen molar-refractivity contribution >= 4 is 8.80 Å². The first kappa shape index (κ1) is 21.0. The Labute approximate surface area is 131 Å². The van der Waals surface area contributed by atoms with Gasteiger partial charge >= 0.3 is 8.80 Å². The predicted octanol–water partition coefficient (Wildman–Crippen LogP) is 1.21. The van der Waals surface area contributed by atoms with Crippen LogP contribution in [0.5, 0.6) is 0 Å². The Morgan fingerprint density at radius 1 is 0.667 bits per heavy atom. The molecule has 0 aliphatic heterocycles. The van der Waals surface area contributed by atoms with Crippen LogP contribution in [0.25, 0.3) is 0 Å². The molecule has 0 aliphatic carbocycles. The molecule has 6 N–H and O–H groups in total. The van der Waals surface area contributed by atoms with Crippen molar-refractivity contribution in [2.45, 2.75) is 51.5 Å². The molecule has 0 spiro atoms. The van der Waals surface area contributed by atoms with Gasteiger partial charge in [-0.3, -0.25) is 0 Å². The van der Waals surface area contributed by atoms with Crippen LogP contribution < -0.4 is 17.2 Å². The molecule has 0 heterocycles. The molecule has 0 radical (unpaired) electrons. The first-order valence-corrected chi connectivity index (χ1v) is 10.2. The Morgan fingerprint density at radius 3 is 1.52 bits per heavy atom. The summed E-state index contributed by atoms with van der Waals surface area (Å²) >= 11 is 0. The third-order valence-electron chi connectivity index (χ3n) is 3.16. The van der Waals surface area contributed by atoms with Gasteiger partial charge in [0.1, 0.15) is 0 Å². The standard InChI is InChI=1S/C14H35N3O3Si/c1-2-3-4-5-6-7-14-21(18-11-8-15,19-12-9-16)20-13-10-17/h2-17H2,1H3. The van der Waals surface area contributed by atoms with Gasteiger partial charge in [-0.25, -0.2) is 0 Å². The molecule has 0 amide bonds. The predicted molar refractivity (Wildman–Crippen MR) is 89.0 cm³/mol. The summed E-state index contributed by atoms with van der Waals surface area (Å²) in [5, 5.41) is 0. The summed E-state index contributed by atoms with van der Waals surface area (Å²) in [4.78, 5) is 0. The van der Waals surface area contributed by atoms with Gasteiger partial charge in [-0.1, -0.05) is 39.0 Å². The highest BCUT2D eigenvalue weighted by Gasteiger charge is 2.40. The Balaban J connectivity index is 4.28. The zero-order valence-electron chi connectivity index (χ0n) is 13.6. The van der Waals surface area contributed by atoms with Crippen LogP contribution in [-0.4, -0.2) is 48.3 Å². The van der Waals surface area contributed by atoms with Crippen molar-refractivity contribution in [2.24, 2.45) is 17.2 Å². The van der Waals surface area contributed by atoms with E-state index in [1.54, 1.807) is 0 Å². The lowest BCUT2D eigenvalue weighted by atomic mass is 10.1. The second-order valence-electron chi connectivity index (χ2n) is 5.11. The van der Waals surface area contributed by atoms with Crippen molar-refractivity contribution in [2.75, 3.05) is 39.5 Å². The van der Waals surface area contributed by atoms with Crippen LogP contribution in [-0.2, 0) is 13.3 Å². The molecular weight excluding hydrogens is 286 g/mol. The van der Waals surface area contributed by atoms with Gasteiger partial charge in [0, 0.05) is 25.7 Å². The molecule has 0 fully saturated rings. The lowest BCUT2D eigenvalue weighted by Gasteiger charge is -2.29. The minimum absolute atomic E-state index is 0.456. The van der Waals surface area contributed by atoms with Gasteiger partial charge in [-0.2, -0.15) is 0 Å². The number of unbranched alkanes of at least 4 members (excludes halogenated alkanes) is 5. The highest BCUT2D eigenvalue weighted by Crippen LogP contribution is 2.20. The Morgan fingerprint density at radius 2 is 1.10 bits per heavy atom. The van der Waals surface area contributed by atoms with Gasteiger partial charge in [0.05, 0.1) is 19.8 Å². The summed E-state index contributed by atoms with van der Waals surface area (Å²) in [5.74, 6) is 0. The van der Waals surface area contributed by atoms with Gasteiger partial charge in [0.2, 0.25) is 0 Å². The summed E-state index contributed by atoms with van der Waals surface area (Å²) in [5.41, 5.74) is 16.6. The monoisotopic (exact) mass is 321 g/mol. The van der Waals surface area contributed by atoms with Gasteiger partial charge in [0.25, 0.3) is 0 Å². The van der Waals surface area contributed by atoms with E-state index in [0.29, 0.717) is 39.5 Å². The molecule has 0 aromatic rings. The molecule has 0 saturated heterocycles. The number of hydrogen-bond donors (Lipinski definition) is 3. The van der Waals surface area contributed by atoms with Crippen LogP contribution >= 0.6 is 0 Å². The summed E-state index contributed by atoms with van der Waals surface area (Å²) in [6.07, 6.45) is 7.34. The van der Waals surface area contributed by atoms with Crippen LogP contribution in [0, 0.1) is 0 Å². The van der Waals surface area contributed by atoms with Gasteiger partial charge in [-0.15, -0.1) is 0 Å². The lowest BCUT2D eigenvalue weighted by molar-refractivity contribution is 0.0651. The highest BCUT2D eigenvalue weighted by molar-refractivity contribution is 6.60. The van der Waals surface area contributed by atoms with Crippen LogP contribution in [0.4, 0.5) is 0 Å². The minimum atomic E-state index is -2.67. The van der Waals surface area contributed by atoms with E-state index >= 15 is 0 Å². The molecule has 0 aromatic carbocycles. The smallest absolute Gasteiger partial charge is 0.372 e. The van der Waals surface area contributed by atoms with E-state index < -0.39 is 8.80 Å². The number of nitrogens with two attached hydrogens (primary N) is 3. The Kier molecular flexibility index (Phi) is 14.9. The van der Waals surface area contributed by atoms with Crippen LogP contribution in [0.1, 0.15) is 45.4 Å². The molecule has 21 heavy (non-hydrogen) atoms. The van der Waals surface area contributed by atoms with E-state index in [0.717, 1.165) is 12.5 Å². The molecule has 6 nitrogen and oxygen atoms in total.